The molecule has 0 saturated carbocycles. The molecule has 0 aromatic heterocycles. The van der Waals surface area contributed by atoms with E-state index in [4.69, 9.17) is 9.84 Å². The molecule has 0 aromatic rings. The van der Waals surface area contributed by atoms with E-state index in [9.17, 15) is 9.59 Å². The molecular formula is C10H15NO4. The Kier molecular flexibility index (Phi) is 3.26. The largest absolute Gasteiger partial charge is 0.368 e. The van der Waals surface area contributed by atoms with Gasteiger partial charge in [-0.1, -0.05) is 0 Å². The van der Waals surface area contributed by atoms with Gasteiger partial charge in [0.2, 0.25) is 0 Å². The zero-order chi connectivity index (χ0) is 11.7. The molecule has 0 fully saturated rings. The molecule has 2 unspecified atom stereocenters. The van der Waals surface area contributed by atoms with Gasteiger partial charge < -0.3 is 9.84 Å². The molecule has 0 saturated heterocycles. The predicted molar refractivity (Wildman–Crippen MR) is 52.5 cm³/mol. The molecule has 5 heteroatoms. The van der Waals surface area contributed by atoms with Crippen molar-refractivity contribution in [3.8, 4) is 0 Å². The van der Waals surface area contributed by atoms with Crippen LogP contribution in [0.3, 0.4) is 0 Å². The van der Waals surface area contributed by atoms with E-state index in [1.807, 2.05) is 0 Å². The Hall–Kier alpha value is -1.20. The summed E-state index contributed by atoms with van der Waals surface area (Å²) in [5.74, 6) is -0.712. The third kappa shape index (κ3) is 2.08. The van der Waals surface area contributed by atoms with E-state index in [2.05, 4.69) is 0 Å². The summed E-state index contributed by atoms with van der Waals surface area (Å²) in [6.07, 6.45) is -1.76. The van der Waals surface area contributed by atoms with Crippen molar-refractivity contribution in [3.63, 3.8) is 0 Å². The van der Waals surface area contributed by atoms with Gasteiger partial charge in [0, 0.05) is 11.1 Å². The molecule has 1 N–H and O–H groups in total. The summed E-state index contributed by atoms with van der Waals surface area (Å²) in [6, 6.07) is 0. The Morgan fingerprint density at radius 1 is 1.13 bits per heavy atom. The van der Waals surface area contributed by atoms with Crippen molar-refractivity contribution in [1.29, 1.82) is 0 Å². The van der Waals surface area contributed by atoms with Crippen molar-refractivity contribution >= 4 is 11.8 Å². The van der Waals surface area contributed by atoms with Crippen LogP contribution < -0.4 is 0 Å². The summed E-state index contributed by atoms with van der Waals surface area (Å²) < 4.78 is 4.98. The van der Waals surface area contributed by atoms with Gasteiger partial charge in [-0.25, -0.2) is 4.90 Å². The van der Waals surface area contributed by atoms with Crippen LogP contribution in [0.15, 0.2) is 11.1 Å². The van der Waals surface area contributed by atoms with Crippen LogP contribution in [0.4, 0.5) is 0 Å². The number of hydrogen-bond acceptors (Lipinski definition) is 4. The predicted octanol–water partition coefficient (Wildman–Crippen LogP) is 0.392. The van der Waals surface area contributed by atoms with E-state index in [0.29, 0.717) is 11.1 Å². The highest BCUT2D eigenvalue weighted by molar-refractivity contribution is 6.18. The van der Waals surface area contributed by atoms with E-state index in [1.54, 1.807) is 20.8 Å². The number of nitrogens with zero attached hydrogens (tertiary/aromatic N) is 1. The van der Waals surface area contributed by atoms with Gasteiger partial charge in [-0.05, 0) is 27.7 Å². The average Bonchev–Trinajstić information content (AvgIpc) is 2.30. The van der Waals surface area contributed by atoms with Crippen molar-refractivity contribution in [2.45, 2.75) is 40.2 Å². The van der Waals surface area contributed by atoms with Crippen LogP contribution in [-0.4, -0.2) is 34.3 Å². The standard InChI is InChI=1S/C10H15NO4/c1-5-6(2)10(14)11(9(5)13)7(3)15-8(4)12/h7-8,12H,1-4H3. The zero-order valence-corrected chi connectivity index (χ0v) is 9.27. The SMILES string of the molecule is CC1=C(C)C(=O)N(C(C)OC(C)O)C1=O. The molecule has 0 aliphatic carbocycles. The topological polar surface area (TPSA) is 66.8 Å². The van der Waals surface area contributed by atoms with Gasteiger partial charge in [-0.2, -0.15) is 0 Å². The molecule has 1 aliphatic rings. The maximum Gasteiger partial charge on any atom is 0.258 e. The van der Waals surface area contributed by atoms with Gasteiger partial charge in [-0.3, -0.25) is 9.59 Å². The lowest BCUT2D eigenvalue weighted by Gasteiger charge is -2.24. The van der Waals surface area contributed by atoms with Gasteiger partial charge in [0.1, 0.15) is 6.23 Å². The summed E-state index contributed by atoms with van der Waals surface area (Å²) in [7, 11) is 0. The lowest BCUT2D eigenvalue weighted by molar-refractivity contribution is -0.178. The molecule has 1 aliphatic heterocycles. The van der Waals surface area contributed by atoms with Crippen LogP contribution in [0, 0.1) is 0 Å². The minimum absolute atomic E-state index is 0.356. The number of aliphatic hydroxyl groups is 1. The molecule has 15 heavy (non-hydrogen) atoms. The smallest absolute Gasteiger partial charge is 0.258 e. The van der Waals surface area contributed by atoms with Crippen LogP contribution >= 0.6 is 0 Å². The van der Waals surface area contributed by atoms with Gasteiger partial charge in [-0.15, -0.1) is 0 Å². The lowest BCUT2D eigenvalue weighted by Crippen LogP contribution is -2.42. The number of amides is 2. The second-order valence-corrected chi connectivity index (χ2v) is 3.57. The van der Waals surface area contributed by atoms with Gasteiger partial charge >= 0.3 is 0 Å². The number of hydrogen-bond donors (Lipinski definition) is 1. The number of carbonyl (C=O) groups is 2. The molecule has 2 amide bonds. The highest BCUT2D eigenvalue weighted by atomic mass is 16.6. The van der Waals surface area contributed by atoms with Crippen LogP contribution in [-0.2, 0) is 14.3 Å². The van der Waals surface area contributed by atoms with Crippen LogP contribution in [0.25, 0.3) is 0 Å². The summed E-state index contributed by atoms with van der Waals surface area (Å²) in [4.78, 5) is 24.3. The first kappa shape index (κ1) is 11.9. The number of carbonyl (C=O) groups excluding carboxylic acids is 2. The Morgan fingerprint density at radius 2 is 1.53 bits per heavy atom. The molecule has 5 nitrogen and oxygen atoms in total. The second-order valence-electron chi connectivity index (χ2n) is 3.57. The summed E-state index contributed by atoms with van der Waals surface area (Å²) in [5, 5.41) is 9.00. The van der Waals surface area contributed by atoms with Crippen molar-refractivity contribution in [3.05, 3.63) is 11.1 Å². The van der Waals surface area contributed by atoms with E-state index in [0.717, 1.165) is 4.90 Å². The molecular weight excluding hydrogens is 198 g/mol. The van der Waals surface area contributed by atoms with Gasteiger partial charge in [0.05, 0.1) is 0 Å². The minimum atomic E-state index is -1.01. The molecule has 2 atom stereocenters. The van der Waals surface area contributed by atoms with Crippen LogP contribution in [0.1, 0.15) is 27.7 Å². The van der Waals surface area contributed by atoms with E-state index in [-0.39, 0.29) is 11.8 Å². The summed E-state index contributed by atoms with van der Waals surface area (Å²) >= 11 is 0. The maximum atomic E-state index is 11.6. The minimum Gasteiger partial charge on any atom is -0.368 e. The molecule has 1 heterocycles. The first-order valence-corrected chi connectivity index (χ1v) is 4.75. The first-order valence-electron chi connectivity index (χ1n) is 4.75. The van der Waals surface area contributed by atoms with Crippen molar-refractivity contribution in [2.75, 3.05) is 0 Å². The number of ether oxygens (including phenoxy) is 1. The Balaban J connectivity index is 2.83. The van der Waals surface area contributed by atoms with E-state index >= 15 is 0 Å². The quantitative estimate of drug-likeness (QED) is 0.544. The number of aliphatic hydroxyl groups excluding tert-OH is 1. The van der Waals surface area contributed by atoms with Gasteiger partial charge in [0.25, 0.3) is 11.8 Å². The van der Waals surface area contributed by atoms with Crippen LogP contribution in [0.5, 0.6) is 0 Å². The summed E-state index contributed by atoms with van der Waals surface area (Å²) in [6.45, 7) is 6.18. The zero-order valence-electron chi connectivity index (χ0n) is 9.27. The molecule has 0 radical (unpaired) electrons. The van der Waals surface area contributed by atoms with Crippen molar-refractivity contribution in [1.82, 2.24) is 4.90 Å². The second kappa shape index (κ2) is 4.12. The number of rotatable bonds is 3. The Bertz CT molecular complexity index is 308. The van der Waals surface area contributed by atoms with E-state index < -0.39 is 12.5 Å². The Morgan fingerprint density at radius 3 is 1.87 bits per heavy atom. The fourth-order valence-electron chi connectivity index (χ4n) is 1.45. The van der Waals surface area contributed by atoms with Crippen molar-refractivity contribution < 1.29 is 19.4 Å². The molecule has 0 spiro atoms. The third-order valence-electron chi connectivity index (χ3n) is 2.40. The molecule has 0 aromatic carbocycles. The summed E-state index contributed by atoms with van der Waals surface area (Å²) in [5.41, 5.74) is 0.863. The highest BCUT2D eigenvalue weighted by Crippen LogP contribution is 2.22. The molecule has 1 rings (SSSR count). The van der Waals surface area contributed by atoms with E-state index in [1.165, 1.54) is 6.92 Å². The molecule has 84 valence electrons. The fraction of sp³-hybridized carbons (Fsp3) is 0.600. The number of imide groups is 1. The molecule has 0 bridgehead atoms. The van der Waals surface area contributed by atoms with Gasteiger partial charge in [0.15, 0.2) is 6.29 Å². The highest BCUT2D eigenvalue weighted by Gasteiger charge is 2.37. The fourth-order valence-corrected chi connectivity index (χ4v) is 1.45. The van der Waals surface area contributed by atoms with Crippen molar-refractivity contribution in [2.24, 2.45) is 0 Å². The van der Waals surface area contributed by atoms with Crippen LogP contribution in [0.2, 0.25) is 0 Å². The third-order valence-corrected chi connectivity index (χ3v) is 2.40. The lowest BCUT2D eigenvalue weighted by atomic mass is 10.2. The normalized spacial score (nSPS) is 21.3. The first-order chi connectivity index (χ1) is 6.86. The Labute approximate surface area is 88.3 Å². The average molecular weight is 213 g/mol. The maximum absolute atomic E-state index is 11.6. The monoisotopic (exact) mass is 213 g/mol.